The van der Waals surface area contributed by atoms with Crippen molar-refractivity contribution in [1.82, 2.24) is 0 Å². The van der Waals surface area contributed by atoms with Gasteiger partial charge in [0, 0.05) is 10.6 Å². The van der Waals surface area contributed by atoms with E-state index >= 15 is 0 Å². The summed E-state index contributed by atoms with van der Waals surface area (Å²) in [5, 5.41) is 4.46. The van der Waals surface area contributed by atoms with E-state index in [-0.39, 0.29) is 0 Å². The van der Waals surface area contributed by atoms with Crippen LogP contribution in [0.4, 0.5) is 10.1 Å². The molecule has 0 aromatic heterocycles. The first-order valence-corrected chi connectivity index (χ1v) is 7.57. The minimum absolute atomic E-state index is 0.305. The molecule has 1 fully saturated rings. The molecule has 0 unspecified atom stereocenters. The molecule has 2 heterocycles. The number of fused-ring (bicyclic) bond motifs is 1. The number of imide groups is 1. The number of amides is 2. The lowest BCUT2D eigenvalue weighted by Crippen LogP contribution is -2.33. The summed E-state index contributed by atoms with van der Waals surface area (Å²) in [4.78, 5) is 31.5. The molecule has 120 valence electrons. The number of nitrogens with zero attached hydrogens (tertiary/aromatic N) is 2. The number of rotatable bonds is 2. The zero-order valence-electron chi connectivity index (χ0n) is 12.1. The highest BCUT2D eigenvalue weighted by atomic mass is 35.5. The van der Waals surface area contributed by atoms with Crippen molar-refractivity contribution >= 4 is 34.8 Å². The van der Waals surface area contributed by atoms with Crippen molar-refractivity contribution in [1.29, 1.82) is 0 Å². The molecule has 2 aliphatic heterocycles. The van der Waals surface area contributed by atoms with Gasteiger partial charge in [0.2, 0.25) is 12.0 Å². The largest absolute Gasteiger partial charge is 0.381 e. The number of anilines is 1. The predicted molar refractivity (Wildman–Crippen MR) is 85.2 cm³/mol. The topological polar surface area (TPSA) is 59.0 Å². The number of carbonyl (C=O) groups is 2. The third kappa shape index (κ3) is 2.18. The van der Waals surface area contributed by atoms with Gasteiger partial charge in [-0.15, -0.1) is 0 Å². The Balaban J connectivity index is 1.69. The summed E-state index contributed by atoms with van der Waals surface area (Å²) in [7, 11) is 0. The summed E-state index contributed by atoms with van der Waals surface area (Å²) in [5.74, 6) is -2.21. The molecule has 24 heavy (non-hydrogen) atoms. The van der Waals surface area contributed by atoms with E-state index in [4.69, 9.17) is 16.4 Å². The Hall–Kier alpha value is -2.73. The fourth-order valence-electron chi connectivity index (χ4n) is 2.88. The minimum Gasteiger partial charge on any atom is -0.381 e. The lowest BCUT2D eigenvalue weighted by atomic mass is 9.94. The van der Waals surface area contributed by atoms with Crippen molar-refractivity contribution < 1.29 is 18.8 Å². The molecule has 1 saturated heterocycles. The third-order valence-corrected chi connectivity index (χ3v) is 4.29. The highest BCUT2D eigenvalue weighted by Gasteiger charge is 2.56. The fraction of sp³-hybridized carbons (Fsp3) is 0.118. The minimum atomic E-state index is -0.992. The molecular formula is C17H10ClFN2O3. The quantitative estimate of drug-likeness (QED) is 0.787. The number of hydrogen-bond donors (Lipinski definition) is 0. The van der Waals surface area contributed by atoms with Crippen molar-refractivity contribution in [3.63, 3.8) is 0 Å². The average Bonchev–Trinajstić information content (AvgIpc) is 3.11. The van der Waals surface area contributed by atoms with Gasteiger partial charge in [-0.25, -0.2) is 9.29 Å². The van der Waals surface area contributed by atoms with Crippen molar-refractivity contribution in [2.75, 3.05) is 4.90 Å². The molecular weight excluding hydrogens is 335 g/mol. The van der Waals surface area contributed by atoms with Crippen molar-refractivity contribution in [2.24, 2.45) is 11.1 Å². The van der Waals surface area contributed by atoms with Gasteiger partial charge in [-0.1, -0.05) is 28.9 Å². The van der Waals surface area contributed by atoms with E-state index in [0.29, 0.717) is 22.0 Å². The Morgan fingerprint density at radius 1 is 1.00 bits per heavy atom. The van der Waals surface area contributed by atoms with Crippen LogP contribution in [0.2, 0.25) is 5.02 Å². The van der Waals surface area contributed by atoms with Crippen LogP contribution in [0.1, 0.15) is 5.56 Å². The number of halogens is 2. The summed E-state index contributed by atoms with van der Waals surface area (Å²) in [6.07, 6.45) is -0.992. The molecule has 2 aliphatic rings. The maximum absolute atomic E-state index is 13.1. The molecule has 0 saturated carbocycles. The number of carbonyl (C=O) groups excluding carboxylic acids is 2. The van der Waals surface area contributed by atoms with Crippen LogP contribution in [0.3, 0.4) is 0 Å². The summed E-state index contributed by atoms with van der Waals surface area (Å²) < 4.78 is 13.1. The molecule has 0 spiro atoms. The Morgan fingerprint density at radius 2 is 1.67 bits per heavy atom. The Bertz CT molecular complexity index is 864. The van der Waals surface area contributed by atoms with Gasteiger partial charge in [0.1, 0.15) is 17.4 Å². The zero-order valence-corrected chi connectivity index (χ0v) is 12.9. The first-order valence-electron chi connectivity index (χ1n) is 7.19. The van der Waals surface area contributed by atoms with E-state index in [1.807, 2.05) is 0 Å². The monoisotopic (exact) mass is 344 g/mol. The number of benzene rings is 2. The average molecular weight is 345 g/mol. The van der Waals surface area contributed by atoms with Gasteiger partial charge in [0.05, 0.1) is 5.69 Å². The summed E-state index contributed by atoms with van der Waals surface area (Å²) in [6.45, 7) is 0. The van der Waals surface area contributed by atoms with Crippen LogP contribution in [-0.4, -0.2) is 23.6 Å². The van der Waals surface area contributed by atoms with Gasteiger partial charge >= 0.3 is 0 Å². The molecule has 0 aliphatic carbocycles. The van der Waals surface area contributed by atoms with Crippen LogP contribution in [0.25, 0.3) is 0 Å². The predicted octanol–water partition coefficient (Wildman–Crippen LogP) is 2.77. The van der Waals surface area contributed by atoms with Gasteiger partial charge < -0.3 is 4.84 Å². The maximum Gasteiger partial charge on any atom is 0.278 e. The van der Waals surface area contributed by atoms with E-state index in [2.05, 4.69) is 5.16 Å². The molecule has 0 N–H and O–H groups in total. The van der Waals surface area contributed by atoms with Crippen molar-refractivity contribution in [3.05, 3.63) is 64.9 Å². The first kappa shape index (κ1) is 14.8. The summed E-state index contributed by atoms with van der Waals surface area (Å²) >= 11 is 5.87. The molecule has 2 aromatic rings. The Kier molecular flexibility index (Phi) is 3.35. The lowest BCUT2D eigenvalue weighted by molar-refractivity contribution is -0.126. The van der Waals surface area contributed by atoms with Crippen LogP contribution in [0.5, 0.6) is 0 Å². The number of oxime groups is 1. The van der Waals surface area contributed by atoms with Gasteiger partial charge in [-0.05, 0) is 36.4 Å². The van der Waals surface area contributed by atoms with E-state index in [1.54, 1.807) is 24.3 Å². The van der Waals surface area contributed by atoms with Crippen molar-refractivity contribution in [3.8, 4) is 0 Å². The highest BCUT2D eigenvalue weighted by Crippen LogP contribution is 2.35. The maximum atomic E-state index is 13.1. The van der Waals surface area contributed by atoms with Crippen LogP contribution in [0, 0.1) is 11.7 Å². The zero-order chi connectivity index (χ0) is 16.8. The van der Waals surface area contributed by atoms with Gasteiger partial charge in [0.25, 0.3) is 5.91 Å². The van der Waals surface area contributed by atoms with Crippen LogP contribution >= 0.6 is 11.6 Å². The molecule has 2 atom stereocenters. The molecule has 4 rings (SSSR count). The second-order valence-corrected chi connectivity index (χ2v) is 5.91. The number of hydrogen-bond acceptors (Lipinski definition) is 4. The molecule has 0 bridgehead atoms. The molecule has 5 nitrogen and oxygen atoms in total. The van der Waals surface area contributed by atoms with Crippen LogP contribution < -0.4 is 4.90 Å². The van der Waals surface area contributed by atoms with E-state index < -0.39 is 29.7 Å². The van der Waals surface area contributed by atoms with E-state index in [9.17, 15) is 14.0 Å². The SMILES string of the molecule is O=C1[C@H]2C(c3ccc(Cl)cc3)=NO[C@H]2C(=O)N1c1ccc(F)cc1. The highest BCUT2D eigenvalue weighted by molar-refractivity contribution is 6.33. The van der Waals surface area contributed by atoms with Gasteiger partial charge in [-0.3, -0.25) is 9.59 Å². The molecule has 7 heteroatoms. The fourth-order valence-corrected chi connectivity index (χ4v) is 3.01. The first-order chi connectivity index (χ1) is 11.6. The van der Waals surface area contributed by atoms with Gasteiger partial charge in [-0.2, -0.15) is 0 Å². The smallest absolute Gasteiger partial charge is 0.278 e. The standard InChI is InChI=1S/C17H10ClFN2O3/c18-10-3-1-9(2-4-10)14-13-15(24-20-14)17(23)21(16(13)22)12-7-5-11(19)6-8-12/h1-8,13,15H/t13-,15+/m0/s1. The van der Waals surface area contributed by atoms with E-state index in [1.165, 1.54) is 24.3 Å². The van der Waals surface area contributed by atoms with Crippen LogP contribution in [0.15, 0.2) is 53.7 Å². The third-order valence-electron chi connectivity index (χ3n) is 4.04. The summed E-state index contributed by atoms with van der Waals surface area (Å²) in [6, 6.07) is 11.9. The Labute approximate surface area is 141 Å². The second-order valence-electron chi connectivity index (χ2n) is 5.48. The molecule has 2 aromatic carbocycles. The van der Waals surface area contributed by atoms with E-state index in [0.717, 1.165) is 4.90 Å². The summed E-state index contributed by atoms with van der Waals surface area (Å²) in [5.41, 5.74) is 1.36. The Morgan fingerprint density at radius 3 is 2.33 bits per heavy atom. The lowest BCUT2D eigenvalue weighted by Gasteiger charge is -2.15. The molecule has 2 amide bonds. The second kappa shape index (κ2) is 5.42. The van der Waals surface area contributed by atoms with Gasteiger partial charge in [0.15, 0.2) is 0 Å². The van der Waals surface area contributed by atoms with Crippen LogP contribution in [-0.2, 0) is 14.4 Å². The normalized spacial score (nSPS) is 22.4. The molecule has 0 radical (unpaired) electrons. The van der Waals surface area contributed by atoms with Crippen molar-refractivity contribution in [2.45, 2.75) is 6.10 Å².